The maximum Gasteiger partial charge on any atom is 0.342 e. The molecule has 2 N–H and O–H groups in total. The third-order valence-corrected chi connectivity index (χ3v) is 3.66. The molecule has 1 saturated carbocycles. The van der Waals surface area contributed by atoms with E-state index in [1.54, 1.807) is 6.07 Å². The number of carboxylic acid groups (broad SMARTS) is 1. The fourth-order valence-electron chi connectivity index (χ4n) is 2.67. The van der Waals surface area contributed by atoms with Crippen LogP contribution in [0.15, 0.2) is 18.2 Å². The van der Waals surface area contributed by atoms with Gasteiger partial charge in [0.15, 0.2) is 0 Å². The molecule has 0 radical (unpaired) electrons. The van der Waals surface area contributed by atoms with Gasteiger partial charge < -0.3 is 10.4 Å². The first-order valence-electron chi connectivity index (χ1n) is 6.87. The number of nitrogens with one attached hydrogen (secondary N) is 1. The van der Waals surface area contributed by atoms with Crippen LogP contribution in [0.2, 0.25) is 0 Å². The summed E-state index contributed by atoms with van der Waals surface area (Å²) < 4.78 is 0. The number of nitro benzene ring substituents is 1. The summed E-state index contributed by atoms with van der Waals surface area (Å²) in [5.41, 5.74) is -0.306. The second kappa shape index (κ2) is 6.36. The summed E-state index contributed by atoms with van der Waals surface area (Å²) in [6.45, 7) is 0. The lowest BCUT2D eigenvalue weighted by molar-refractivity contribution is -0.384. The van der Waals surface area contributed by atoms with Gasteiger partial charge in [0.2, 0.25) is 0 Å². The Morgan fingerprint density at radius 2 is 1.90 bits per heavy atom. The van der Waals surface area contributed by atoms with E-state index in [-0.39, 0.29) is 17.3 Å². The number of aromatic carboxylic acids is 1. The summed E-state index contributed by atoms with van der Waals surface area (Å²) in [5, 5.41) is 23.4. The first-order chi connectivity index (χ1) is 9.59. The van der Waals surface area contributed by atoms with Crippen LogP contribution in [-0.2, 0) is 0 Å². The predicted molar refractivity (Wildman–Crippen MR) is 75.2 cm³/mol. The van der Waals surface area contributed by atoms with Crippen molar-refractivity contribution in [2.45, 2.75) is 44.6 Å². The van der Waals surface area contributed by atoms with E-state index in [4.69, 9.17) is 5.11 Å². The molecule has 2 rings (SSSR count). The Morgan fingerprint density at radius 1 is 1.25 bits per heavy atom. The van der Waals surface area contributed by atoms with Crippen LogP contribution in [0.3, 0.4) is 0 Å². The number of hydrogen-bond acceptors (Lipinski definition) is 4. The summed E-state index contributed by atoms with van der Waals surface area (Å²) in [6, 6.07) is 4.56. The van der Waals surface area contributed by atoms with E-state index in [2.05, 4.69) is 5.32 Å². The minimum atomic E-state index is -1.28. The minimum Gasteiger partial charge on any atom is -0.477 e. The van der Waals surface area contributed by atoms with Crippen molar-refractivity contribution in [3.63, 3.8) is 0 Å². The Hall–Kier alpha value is -2.11. The number of rotatable bonds is 4. The average molecular weight is 278 g/mol. The fourth-order valence-corrected chi connectivity index (χ4v) is 2.67. The van der Waals surface area contributed by atoms with E-state index >= 15 is 0 Å². The molecule has 1 aliphatic rings. The van der Waals surface area contributed by atoms with Crippen LogP contribution in [0.4, 0.5) is 11.4 Å². The highest BCUT2D eigenvalue weighted by Crippen LogP contribution is 2.31. The van der Waals surface area contributed by atoms with E-state index in [1.807, 2.05) is 0 Å². The molecule has 0 spiro atoms. The number of carbonyl (C=O) groups is 1. The van der Waals surface area contributed by atoms with Gasteiger partial charge in [0.1, 0.15) is 11.3 Å². The average Bonchev–Trinajstić information content (AvgIpc) is 2.66. The molecule has 0 aliphatic heterocycles. The van der Waals surface area contributed by atoms with Gasteiger partial charge >= 0.3 is 11.7 Å². The number of hydrogen-bond donors (Lipinski definition) is 2. The highest BCUT2D eigenvalue weighted by atomic mass is 16.6. The summed E-state index contributed by atoms with van der Waals surface area (Å²) in [4.78, 5) is 21.6. The van der Waals surface area contributed by atoms with E-state index in [1.165, 1.54) is 25.0 Å². The molecule has 1 aromatic rings. The Balaban J connectivity index is 2.28. The summed E-state index contributed by atoms with van der Waals surface area (Å²) in [6.07, 6.45) is 6.52. The molecule has 6 heteroatoms. The molecule has 1 fully saturated rings. The molecule has 0 saturated heterocycles. The molecule has 1 aliphatic carbocycles. The van der Waals surface area contributed by atoms with Gasteiger partial charge in [-0.05, 0) is 25.0 Å². The van der Waals surface area contributed by atoms with E-state index < -0.39 is 10.9 Å². The fraction of sp³-hybridized carbons (Fsp3) is 0.500. The number of carboxylic acids is 1. The third kappa shape index (κ3) is 3.26. The Labute approximate surface area is 117 Å². The molecule has 0 heterocycles. The number of benzene rings is 1. The molecule has 0 atom stereocenters. The van der Waals surface area contributed by atoms with Crippen LogP contribution in [0, 0.1) is 10.1 Å². The Morgan fingerprint density at radius 3 is 2.45 bits per heavy atom. The van der Waals surface area contributed by atoms with Gasteiger partial charge in [-0.2, -0.15) is 0 Å². The van der Waals surface area contributed by atoms with Gasteiger partial charge in [0.25, 0.3) is 0 Å². The van der Waals surface area contributed by atoms with Crippen molar-refractivity contribution in [3.05, 3.63) is 33.9 Å². The molecule has 0 unspecified atom stereocenters. The second-order valence-corrected chi connectivity index (χ2v) is 5.10. The molecule has 0 aromatic heterocycles. The van der Waals surface area contributed by atoms with Crippen molar-refractivity contribution in [1.29, 1.82) is 0 Å². The summed E-state index contributed by atoms with van der Waals surface area (Å²) >= 11 is 0. The van der Waals surface area contributed by atoms with Crippen molar-refractivity contribution < 1.29 is 14.8 Å². The van der Waals surface area contributed by atoms with Gasteiger partial charge in [-0.15, -0.1) is 0 Å². The lowest BCUT2D eigenvalue weighted by atomic mass is 10.1. The summed E-state index contributed by atoms with van der Waals surface area (Å²) in [7, 11) is 0. The number of nitrogens with zero attached hydrogens (tertiary/aromatic N) is 1. The lowest BCUT2D eigenvalue weighted by Crippen LogP contribution is -2.19. The standard InChI is InChI=1S/C14H18N2O4/c17-14(18)11-8-5-9-12(13(11)16(19)20)15-10-6-3-1-2-4-7-10/h5,8-10,15H,1-4,6-7H2,(H,17,18). The number of anilines is 1. The van der Waals surface area contributed by atoms with E-state index in [0.29, 0.717) is 5.69 Å². The van der Waals surface area contributed by atoms with Crippen molar-refractivity contribution in [1.82, 2.24) is 0 Å². The van der Waals surface area contributed by atoms with Crippen molar-refractivity contribution in [3.8, 4) is 0 Å². The predicted octanol–water partition coefficient (Wildman–Crippen LogP) is 3.43. The molecule has 6 nitrogen and oxygen atoms in total. The minimum absolute atomic E-state index is 0.181. The van der Waals surface area contributed by atoms with Crippen molar-refractivity contribution in [2.75, 3.05) is 5.32 Å². The second-order valence-electron chi connectivity index (χ2n) is 5.10. The lowest BCUT2D eigenvalue weighted by Gasteiger charge is -2.18. The highest BCUT2D eigenvalue weighted by Gasteiger charge is 2.25. The Kier molecular flexibility index (Phi) is 4.55. The van der Waals surface area contributed by atoms with Gasteiger partial charge in [-0.1, -0.05) is 31.7 Å². The zero-order valence-electron chi connectivity index (χ0n) is 11.2. The number of nitro groups is 1. The maximum atomic E-state index is 11.2. The first kappa shape index (κ1) is 14.3. The zero-order valence-corrected chi connectivity index (χ0v) is 11.2. The SMILES string of the molecule is O=C(O)c1cccc(NC2CCCCCC2)c1[N+](=O)[O-]. The van der Waals surface area contributed by atoms with Crippen LogP contribution in [0.5, 0.6) is 0 Å². The zero-order chi connectivity index (χ0) is 14.5. The van der Waals surface area contributed by atoms with Crippen LogP contribution in [-0.4, -0.2) is 22.0 Å². The van der Waals surface area contributed by atoms with Crippen LogP contribution < -0.4 is 5.32 Å². The Bertz CT molecular complexity index is 508. The van der Waals surface area contributed by atoms with Crippen LogP contribution in [0.1, 0.15) is 48.9 Å². The highest BCUT2D eigenvalue weighted by molar-refractivity contribution is 5.95. The van der Waals surface area contributed by atoms with Gasteiger partial charge in [-0.25, -0.2) is 4.79 Å². The molecule has 0 bridgehead atoms. The molecule has 108 valence electrons. The first-order valence-corrected chi connectivity index (χ1v) is 6.87. The molecule has 1 aromatic carbocycles. The van der Waals surface area contributed by atoms with Crippen LogP contribution >= 0.6 is 0 Å². The van der Waals surface area contributed by atoms with Gasteiger partial charge in [-0.3, -0.25) is 10.1 Å². The quantitative estimate of drug-likeness (QED) is 0.500. The molecule has 20 heavy (non-hydrogen) atoms. The van der Waals surface area contributed by atoms with Crippen LogP contribution in [0.25, 0.3) is 0 Å². The van der Waals surface area contributed by atoms with Gasteiger partial charge in [0, 0.05) is 6.04 Å². The van der Waals surface area contributed by atoms with E-state index in [0.717, 1.165) is 25.7 Å². The van der Waals surface area contributed by atoms with Crippen molar-refractivity contribution in [2.24, 2.45) is 0 Å². The maximum absolute atomic E-state index is 11.2. The third-order valence-electron chi connectivity index (χ3n) is 3.66. The largest absolute Gasteiger partial charge is 0.477 e. The number of para-hydroxylation sites is 1. The molecular formula is C14H18N2O4. The molecular weight excluding hydrogens is 260 g/mol. The molecule has 0 amide bonds. The summed E-state index contributed by atoms with van der Waals surface area (Å²) in [5.74, 6) is -1.28. The smallest absolute Gasteiger partial charge is 0.342 e. The van der Waals surface area contributed by atoms with E-state index in [9.17, 15) is 14.9 Å². The van der Waals surface area contributed by atoms with Gasteiger partial charge in [0.05, 0.1) is 4.92 Å². The topological polar surface area (TPSA) is 92.5 Å². The normalized spacial score (nSPS) is 16.4. The van der Waals surface area contributed by atoms with Crippen molar-refractivity contribution >= 4 is 17.3 Å². The monoisotopic (exact) mass is 278 g/mol.